The van der Waals surface area contributed by atoms with Gasteiger partial charge in [-0.15, -0.1) is 0 Å². The monoisotopic (exact) mass is 294 g/mol. The predicted octanol–water partition coefficient (Wildman–Crippen LogP) is 1.64. The Morgan fingerprint density at radius 2 is 1.62 bits per heavy atom. The number of benzene rings is 1. The van der Waals surface area contributed by atoms with Crippen molar-refractivity contribution < 1.29 is 19.1 Å². The molecule has 0 amide bonds. The maximum Gasteiger partial charge on any atom is 0.203 e. The second-order valence-corrected chi connectivity index (χ2v) is 6.19. The van der Waals surface area contributed by atoms with Gasteiger partial charge in [0, 0.05) is 11.8 Å². The Hall–Kier alpha value is -1.42. The first-order valence-electron chi connectivity index (χ1n) is 7.81. The molecule has 0 spiro atoms. The van der Waals surface area contributed by atoms with Gasteiger partial charge in [0.25, 0.3) is 0 Å². The van der Waals surface area contributed by atoms with Gasteiger partial charge >= 0.3 is 0 Å². The molecule has 21 heavy (non-hydrogen) atoms. The molecule has 1 aliphatic heterocycles. The molecule has 1 aromatic rings. The Bertz CT molecular complexity index is 417. The maximum atomic E-state index is 5.95. The number of hydrogen-bond acceptors (Lipinski definition) is 3. The Morgan fingerprint density at radius 3 is 2.14 bits per heavy atom. The molecule has 1 aliphatic rings. The van der Waals surface area contributed by atoms with Gasteiger partial charge in [0.15, 0.2) is 11.5 Å². The van der Waals surface area contributed by atoms with Crippen molar-refractivity contribution in [2.24, 2.45) is 11.8 Å². The summed E-state index contributed by atoms with van der Waals surface area (Å²) in [6.07, 6.45) is 1.35. The summed E-state index contributed by atoms with van der Waals surface area (Å²) in [6.45, 7) is 8.90. The lowest BCUT2D eigenvalue weighted by Gasteiger charge is -2.31. The molecule has 3 atom stereocenters. The molecule has 1 aromatic carbocycles. The Kier molecular flexibility index (Phi) is 5.74. The number of methoxy groups -OCH3 is 2. The molecule has 118 valence electrons. The van der Waals surface area contributed by atoms with E-state index in [1.54, 1.807) is 19.1 Å². The third-order valence-corrected chi connectivity index (χ3v) is 4.16. The molecule has 0 aromatic heterocycles. The van der Waals surface area contributed by atoms with Crippen molar-refractivity contribution in [2.75, 3.05) is 40.5 Å². The average molecular weight is 294 g/mol. The van der Waals surface area contributed by atoms with Crippen molar-refractivity contribution in [2.45, 2.75) is 20.3 Å². The fraction of sp³-hybridized carbons (Fsp3) is 0.647. The molecular formula is C17H28NO3+. The first-order chi connectivity index (χ1) is 10.1. The lowest BCUT2D eigenvalue weighted by atomic mass is 9.92. The molecule has 0 radical (unpaired) electrons. The minimum atomic E-state index is 0.686. The van der Waals surface area contributed by atoms with Crippen LogP contribution < -0.4 is 19.1 Å². The molecule has 0 saturated carbocycles. The van der Waals surface area contributed by atoms with Crippen LogP contribution in [0.1, 0.15) is 20.3 Å². The zero-order valence-electron chi connectivity index (χ0n) is 13.6. The van der Waals surface area contributed by atoms with Gasteiger partial charge in [0.1, 0.15) is 13.2 Å². The normalized spacial score (nSPS) is 25.4. The number of hydrogen-bond donors (Lipinski definition) is 1. The van der Waals surface area contributed by atoms with E-state index in [1.807, 2.05) is 18.2 Å². The van der Waals surface area contributed by atoms with Gasteiger partial charge in [-0.3, -0.25) is 0 Å². The zero-order valence-corrected chi connectivity index (χ0v) is 13.6. The summed E-state index contributed by atoms with van der Waals surface area (Å²) in [5.41, 5.74) is 0. The number of quaternary nitrogens is 1. The largest absolute Gasteiger partial charge is 0.493 e. The second kappa shape index (κ2) is 7.55. The first kappa shape index (κ1) is 16.0. The van der Waals surface area contributed by atoms with Gasteiger partial charge in [-0.05, 0) is 18.6 Å². The number of likely N-dealkylation sites (tertiary alicyclic amines) is 1. The number of nitrogens with one attached hydrogen (secondary N) is 1. The van der Waals surface area contributed by atoms with Crippen LogP contribution in [0.4, 0.5) is 0 Å². The molecule has 1 unspecified atom stereocenters. The highest BCUT2D eigenvalue weighted by Crippen LogP contribution is 2.36. The number of rotatable bonds is 6. The van der Waals surface area contributed by atoms with Crippen molar-refractivity contribution in [3.63, 3.8) is 0 Å². The Labute approximate surface area is 128 Å². The van der Waals surface area contributed by atoms with E-state index in [4.69, 9.17) is 14.2 Å². The lowest BCUT2D eigenvalue weighted by Crippen LogP contribution is -3.14. The van der Waals surface area contributed by atoms with E-state index in [0.29, 0.717) is 12.4 Å². The summed E-state index contributed by atoms with van der Waals surface area (Å²) in [6, 6.07) is 5.70. The van der Waals surface area contributed by atoms with Crippen LogP contribution in [0.15, 0.2) is 18.2 Å². The SMILES string of the molecule is COc1cccc(OC)c1OCC[NH+]1C[C@H](C)C[C@H](C)C1. The summed E-state index contributed by atoms with van der Waals surface area (Å²) < 4.78 is 16.7. The molecule has 1 saturated heterocycles. The van der Waals surface area contributed by atoms with E-state index in [9.17, 15) is 0 Å². The highest BCUT2D eigenvalue weighted by atomic mass is 16.5. The fourth-order valence-corrected chi connectivity index (χ4v) is 3.38. The highest BCUT2D eigenvalue weighted by Gasteiger charge is 2.25. The summed E-state index contributed by atoms with van der Waals surface area (Å²) in [7, 11) is 3.31. The van der Waals surface area contributed by atoms with Crippen LogP contribution in [-0.4, -0.2) is 40.5 Å². The van der Waals surface area contributed by atoms with Crippen LogP contribution in [0.5, 0.6) is 17.2 Å². The molecule has 0 bridgehead atoms. The van der Waals surface area contributed by atoms with Crippen LogP contribution in [0.2, 0.25) is 0 Å². The van der Waals surface area contributed by atoms with Gasteiger partial charge in [0.05, 0.1) is 27.3 Å². The minimum Gasteiger partial charge on any atom is -0.493 e. The van der Waals surface area contributed by atoms with Crippen LogP contribution in [0.3, 0.4) is 0 Å². The van der Waals surface area contributed by atoms with Crippen molar-refractivity contribution in [3.05, 3.63) is 18.2 Å². The minimum absolute atomic E-state index is 0.686. The summed E-state index contributed by atoms with van der Waals surface area (Å²) in [5, 5.41) is 0. The molecule has 1 fully saturated rings. The van der Waals surface area contributed by atoms with Crippen molar-refractivity contribution >= 4 is 0 Å². The molecular weight excluding hydrogens is 266 g/mol. The van der Waals surface area contributed by atoms with Gasteiger partial charge in [-0.25, -0.2) is 0 Å². The number of para-hydroxylation sites is 1. The van der Waals surface area contributed by atoms with E-state index in [-0.39, 0.29) is 0 Å². The zero-order chi connectivity index (χ0) is 15.2. The van der Waals surface area contributed by atoms with Gasteiger partial charge in [0.2, 0.25) is 5.75 Å². The van der Waals surface area contributed by atoms with Crippen LogP contribution in [-0.2, 0) is 0 Å². The summed E-state index contributed by atoms with van der Waals surface area (Å²) in [4.78, 5) is 1.63. The lowest BCUT2D eigenvalue weighted by molar-refractivity contribution is -0.912. The Balaban J connectivity index is 1.91. The van der Waals surface area contributed by atoms with E-state index >= 15 is 0 Å². The summed E-state index contributed by atoms with van der Waals surface area (Å²) in [5.74, 6) is 3.78. The molecule has 2 rings (SSSR count). The van der Waals surface area contributed by atoms with Gasteiger partial charge in [-0.2, -0.15) is 0 Å². The molecule has 1 N–H and O–H groups in total. The standard InChI is InChI=1S/C17H27NO3/c1-13-10-14(2)12-18(11-13)8-9-21-17-15(19-3)6-5-7-16(17)20-4/h5-7,13-14H,8-12H2,1-4H3/p+1/t13-,14+. The third-order valence-electron chi connectivity index (χ3n) is 4.16. The molecule has 1 heterocycles. The Morgan fingerprint density at radius 1 is 1.05 bits per heavy atom. The van der Waals surface area contributed by atoms with Crippen LogP contribution in [0, 0.1) is 11.8 Å². The molecule has 0 aliphatic carbocycles. The first-order valence-corrected chi connectivity index (χ1v) is 7.81. The smallest absolute Gasteiger partial charge is 0.203 e. The second-order valence-electron chi connectivity index (χ2n) is 6.19. The van der Waals surface area contributed by atoms with E-state index in [2.05, 4.69) is 13.8 Å². The van der Waals surface area contributed by atoms with Gasteiger partial charge in [-0.1, -0.05) is 19.9 Å². The quantitative estimate of drug-likeness (QED) is 0.866. The third kappa shape index (κ3) is 4.27. The fourth-order valence-electron chi connectivity index (χ4n) is 3.38. The summed E-state index contributed by atoms with van der Waals surface area (Å²) >= 11 is 0. The number of ether oxygens (including phenoxy) is 3. The molecule has 4 nitrogen and oxygen atoms in total. The maximum absolute atomic E-state index is 5.95. The van der Waals surface area contributed by atoms with Gasteiger partial charge < -0.3 is 19.1 Å². The van der Waals surface area contributed by atoms with Crippen molar-refractivity contribution in [1.82, 2.24) is 0 Å². The van der Waals surface area contributed by atoms with Crippen molar-refractivity contribution in [3.8, 4) is 17.2 Å². The van der Waals surface area contributed by atoms with Crippen molar-refractivity contribution in [1.29, 1.82) is 0 Å². The average Bonchev–Trinajstić information content (AvgIpc) is 2.46. The van der Waals surface area contributed by atoms with E-state index in [0.717, 1.165) is 29.9 Å². The van der Waals surface area contributed by atoms with Crippen LogP contribution >= 0.6 is 0 Å². The van der Waals surface area contributed by atoms with Crippen LogP contribution in [0.25, 0.3) is 0 Å². The van der Waals surface area contributed by atoms with E-state index in [1.165, 1.54) is 19.5 Å². The number of piperidine rings is 1. The highest BCUT2D eigenvalue weighted by molar-refractivity contribution is 5.51. The molecule has 4 heteroatoms. The topological polar surface area (TPSA) is 32.1 Å². The van der Waals surface area contributed by atoms with E-state index < -0.39 is 0 Å². The predicted molar refractivity (Wildman–Crippen MR) is 83.5 cm³/mol.